The van der Waals surface area contributed by atoms with Crippen molar-refractivity contribution in [2.45, 2.75) is 0 Å². The molecule has 3 aromatic heterocycles. The Morgan fingerprint density at radius 3 is 1.25 bits per heavy atom. The molecule has 0 unspecified atom stereocenters. The highest BCUT2D eigenvalue weighted by molar-refractivity contribution is 6.27. The Hall–Kier alpha value is -5.41. The van der Waals surface area contributed by atoms with Crippen LogP contribution >= 0.6 is 0 Å². The van der Waals surface area contributed by atoms with Crippen molar-refractivity contribution in [1.82, 2.24) is 15.0 Å². The van der Waals surface area contributed by atoms with Gasteiger partial charge in [-0.15, -0.1) is 0 Å². The fraction of sp³-hybridized carbons (Fsp3) is 0. The van der Waals surface area contributed by atoms with Crippen LogP contribution in [0, 0.1) is 0 Å². The van der Waals surface area contributed by atoms with Gasteiger partial charge < -0.3 is 0 Å². The minimum Gasteiger partial charge on any atom is -0.264 e. The third-order valence-electron chi connectivity index (χ3n) is 7.87. The number of nitrogens with zero attached hydrogens (tertiary/aromatic N) is 3. The molecule has 40 heavy (non-hydrogen) atoms. The van der Waals surface area contributed by atoms with Gasteiger partial charge in [0.1, 0.15) is 0 Å². The lowest BCUT2D eigenvalue weighted by molar-refractivity contribution is 1.32. The van der Waals surface area contributed by atoms with Crippen molar-refractivity contribution in [3.05, 3.63) is 140 Å². The van der Waals surface area contributed by atoms with E-state index in [9.17, 15) is 0 Å². The Bertz CT molecular complexity index is 2080. The van der Waals surface area contributed by atoms with Crippen LogP contribution in [0.25, 0.3) is 76.8 Å². The summed E-state index contributed by atoms with van der Waals surface area (Å²) in [6.07, 6.45) is 11.3. The molecular weight excluding hydrogens is 486 g/mol. The predicted molar refractivity (Wildman–Crippen MR) is 165 cm³/mol. The monoisotopic (exact) mass is 509 g/mol. The molecule has 3 heteroatoms. The van der Waals surface area contributed by atoms with E-state index in [1.165, 1.54) is 49.0 Å². The average Bonchev–Trinajstić information content (AvgIpc) is 3.04. The molecule has 0 amide bonds. The van der Waals surface area contributed by atoms with Crippen LogP contribution < -0.4 is 0 Å². The zero-order valence-electron chi connectivity index (χ0n) is 21.6. The first kappa shape index (κ1) is 22.6. The summed E-state index contributed by atoms with van der Waals surface area (Å²) in [5.74, 6) is 0. The van der Waals surface area contributed by atoms with Crippen molar-refractivity contribution in [3.63, 3.8) is 0 Å². The van der Waals surface area contributed by atoms with E-state index in [-0.39, 0.29) is 0 Å². The normalized spacial score (nSPS) is 11.5. The van der Waals surface area contributed by atoms with Gasteiger partial charge in [0.05, 0.1) is 0 Å². The van der Waals surface area contributed by atoms with Gasteiger partial charge in [-0.05, 0) is 96.5 Å². The molecular formula is C37H23N3. The van der Waals surface area contributed by atoms with Crippen LogP contribution in [0.4, 0.5) is 0 Å². The Morgan fingerprint density at radius 1 is 0.350 bits per heavy atom. The lowest BCUT2D eigenvalue weighted by Gasteiger charge is -2.17. The molecule has 0 atom stereocenters. The van der Waals surface area contributed by atoms with Crippen LogP contribution in [-0.2, 0) is 0 Å². The van der Waals surface area contributed by atoms with Crippen LogP contribution in [0.15, 0.2) is 140 Å². The van der Waals surface area contributed by atoms with Gasteiger partial charge >= 0.3 is 0 Å². The lowest BCUT2D eigenvalue weighted by atomic mass is 9.86. The Labute approximate surface area is 231 Å². The van der Waals surface area contributed by atoms with Crippen molar-refractivity contribution in [2.24, 2.45) is 0 Å². The van der Waals surface area contributed by atoms with E-state index >= 15 is 0 Å². The van der Waals surface area contributed by atoms with Crippen LogP contribution in [0.5, 0.6) is 0 Å². The molecule has 186 valence electrons. The SMILES string of the molecule is c1cncc(-c2cc(-c3cccnc3)cc(-c3ccc4ccc5c(-c6cccnc6)ccc6ccc3c4c65)c2)c1. The van der Waals surface area contributed by atoms with Gasteiger partial charge in [0.2, 0.25) is 0 Å². The molecule has 3 heterocycles. The molecule has 0 aliphatic carbocycles. The lowest BCUT2D eigenvalue weighted by Crippen LogP contribution is -1.91. The molecule has 0 saturated carbocycles. The van der Waals surface area contributed by atoms with Gasteiger partial charge in [-0.3, -0.25) is 15.0 Å². The van der Waals surface area contributed by atoms with Crippen molar-refractivity contribution in [1.29, 1.82) is 0 Å². The molecule has 3 nitrogen and oxygen atoms in total. The average molecular weight is 510 g/mol. The predicted octanol–water partition coefficient (Wildman–Crippen LogP) is 9.44. The van der Waals surface area contributed by atoms with Crippen molar-refractivity contribution >= 4 is 32.3 Å². The fourth-order valence-electron chi connectivity index (χ4n) is 6.01. The summed E-state index contributed by atoms with van der Waals surface area (Å²) in [5, 5.41) is 7.59. The molecule has 0 spiro atoms. The number of rotatable bonds is 4. The van der Waals surface area contributed by atoms with Gasteiger partial charge in [0.15, 0.2) is 0 Å². The van der Waals surface area contributed by atoms with Crippen LogP contribution in [0.2, 0.25) is 0 Å². The number of pyridine rings is 3. The topological polar surface area (TPSA) is 38.7 Å². The Balaban J connectivity index is 1.41. The van der Waals surface area contributed by atoms with Crippen molar-refractivity contribution in [2.75, 3.05) is 0 Å². The summed E-state index contributed by atoms with van der Waals surface area (Å²) < 4.78 is 0. The molecule has 0 saturated heterocycles. The third-order valence-corrected chi connectivity index (χ3v) is 7.87. The second-order valence-electron chi connectivity index (χ2n) is 10.2. The van der Waals surface area contributed by atoms with Gasteiger partial charge in [-0.2, -0.15) is 0 Å². The van der Waals surface area contributed by atoms with Crippen molar-refractivity contribution in [3.8, 4) is 44.5 Å². The van der Waals surface area contributed by atoms with Gasteiger partial charge in [0, 0.05) is 53.9 Å². The highest BCUT2D eigenvalue weighted by Gasteiger charge is 2.16. The minimum absolute atomic E-state index is 1.09. The fourth-order valence-corrected chi connectivity index (χ4v) is 6.01. The van der Waals surface area contributed by atoms with E-state index in [0.29, 0.717) is 0 Å². The molecule has 0 fully saturated rings. The molecule has 8 rings (SSSR count). The molecule has 5 aromatic carbocycles. The maximum atomic E-state index is 4.39. The number of benzene rings is 5. The smallest absolute Gasteiger partial charge is 0.0346 e. The Kier molecular flexibility index (Phi) is 5.14. The zero-order valence-corrected chi connectivity index (χ0v) is 21.6. The highest BCUT2D eigenvalue weighted by Crippen LogP contribution is 2.43. The van der Waals surface area contributed by atoms with Gasteiger partial charge in [-0.25, -0.2) is 0 Å². The van der Waals surface area contributed by atoms with E-state index in [0.717, 1.165) is 27.8 Å². The van der Waals surface area contributed by atoms with E-state index < -0.39 is 0 Å². The Morgan fingerprint density at radius 2 is 0.775 bits per heavy atom. The summed E-state index contributed by atoms with van der Waals surface area (Å²) in [6, 6.07) is 37.2. The van der Waals surface area contributed by atoms with Crippen LogP contribution in [0.1, 0.15) is 0 Å². The van der Waals surface area contributed by atoms with Crippen LogP contribution in [0.3, 0.4) is 0 Å². The molecule has 0 bridgehead atoms. The number of hydrogen-bond donors (Lipinski definition) is 0. The van der Waals surface area contributed by atoms with Gasteiger partial charge in [0.25, 0.3) is 0 Å². The standard InChI is InChI=1S/C37H23N3/c1-4-26(21-38-15-1)29-18-30(27-5-2-16-39-22-27)20-31(19-29)33-12-8-25-9-13-34-32(28-6-3-17-40-23-28)11-7-24-10-14-35(33)37(25)36(24)34/h1-23H. The number of hydrogen-bond acceptors (Lipinski definition) is 3. The largest absolute Gasteiger partial charge is 0.264 e. The molecule has 0 radical (unpaired) electrons. The zero-order chi connectivity index (χ0) is 26.5. The van der Waals surface area contributed by atoms with E-state index in [4.69, 9.17) is 0 Å². The summed E-state index contributed by atoms with van der Waals surface area (Å²) in [6.45, 7) is 0. The maximum absolute atomic E-state index is 4.39. The molecule has 0 aliphatic heterocycles. The van der Waals surface area contributed by atoms with Crippen LogP contribution in [-0.4, -0.2) is 15.0 Å². The maximum Gasteiger partial charge on any atom is 0.0346 e. The summed E-state index contributed by atoms with van der Waals surface area (Å²) in [5.41, 5.74) is 9.17. The highest BCUT2D eigenvalue weighted by atomic mass is 14.6. The summed E-state index contributed by atoms with van der Waals surface area (Å²) in [7, 11) is 0. The van der Waals surface area contributed by atoms with Gasteiger partial charge in [-0.1, -0.05) is 66.7 Å². The first-order chi connectivity index (χ1) is 19.8. The second kappa shape index (κ2) is 9.11. The van der Waals surface area contributed by atoms with Crippen molar-refractivity contribution < 1.29 is 0 Å². The number of aromatic nitrogens is 3. The summed E-state index contributed by atoms with van der Waals surface area (Å²) >= 11 is 0. The quantitative estimate of drug-likeness (QED) is 0.222. The molecule has 0 N–H and O–H groups in total. The third kappa shape index (κ3) is 3.63. The van der Waals surface area contributed by atoms with E-state index in [2.05, 4.69) is 99.9 Å². The minimum atomic E-state index is 1.09. The second-order valence-corrected chi connectivity index (χ2v) is 10.2. The first-order valence-electron chi connectivity index (χ1n) is 13.4. The summed E-state index contributed by atoms with van der Waals surface area (Å²) in [4.78, 5) is 13.2. The van der Waals surface area contributed by atoms with E-state index in [1.807, 2.05) is 55.4 Å². The van der Waals surface area contributed by atoms with E-state index in [1.54, 1.807) is 0 Å². The first-order valence-corrected chi connectivity index (χ1v) is 13.4. The molecule has 0 aliphatic rings. The molecule has 8 aromatic rings.